The Morgan fingerprint density at radius 1 is 1.50 bits per heavy atom. The molecule has 0 aliphatic carbocycles. The lowest BCUT2D eigenvalue weighted by Gasteiger charge is -2.34. The summed E-state index contributed by atoms with van der Waals surface area (Å²) in [6, 6.07) is 2.96. The van der Waals surface area contributed by atoms with E-state index in [1.807, 2.05) is 0 Å². The van der Waals surface area contributed by atoms with Crippen molar-refractivity contribution in [2.24, 2.45) is 11.1 Å². The van der Waals surface area contributed by atoms with E-state index in [-0.39, 0.29) is 18.3 Å². The number of nitrogens with one attached hydrogen (secondary N) is 1. The second kappa shape index (κ2) is 6.20. The van der Waals surface area contributed by atoms with Crippen LogP contribution in [0.2, 0.25) is 0 Å². The minimum absolute atomic E-state index is 0.120. The van der Waals surface area contributed by atoms with Crippen LogP contribution in [0.4, 0.5) is 10.1 Å². The average molecular weight is 345 g/mol. The van der Waals surface area contributed by atoms with Crippen molar-refractivity contribution in [3.05, 3.63) is 28.0 Å². The summed E-state index contributed by atoms with van der Waals surface area (Å²) >= 11 is 3.13. The molecule has 0 saturated carbocycles. The molecule has 1 heterocycles. The molecular weight excluding hydrogens is 327 g/mol. The molecule has 0 radical (unpaired) electrons. The van der Waals surface area contributed by atoms with Crippen LogP contribution in [0, 0.1) is 18.2 Å². The number of rotatable bonds is 3. The molecule has 0 bridgehead atoms. The molecule has 6 heteroatoms. The van der Waals surface area contributed by atoms with Crippen molar-refractivity contribution in [3.63, 3.8) is 0 Å². The van der Waals surface area contributed by atoms with Crippen LogP contribution in [0.1, 0.15) is 18.4 Å². The van der Waals surface area contributed by atoms with Gasteiger partial charge in [0.15, 0.2) is 0 Å². The number of hydrogen-bond acceptors (Lipinski definition) is 3. The molecule has 1 aliphatic rings. The molecule has 2 rings (SSSR count). The summed E-state index contributed by atoms with van der Waals surface area (Å²) in [6.45, 7) is 3.11. The lowest BCUT2D eigenvalue weighted by molar-refractivity contribution is -0.130. The first-order valence-corrected chi connectivity index (χ1v) is 7.33. The zero-order valence-electron chi connectivity index (χ0n) is 11.3. The Morgan fingerprint density at radius 2 is 2.15 bits per heavy atom. The van der Waals surface area contributed by atoms with Gasteiger partial charge in [-0.3, -0.25) is 4.79 Å². The Balaban J connectivity index is 2.20. The molecule has 0 atom stereocenters. The first kappa shape index (κ1) is 15.4. The highest BCUT2D eigenvalue weighted by atomic mass is 79.9. The predicted octanol–water partition coefficient (Wildman–Crippen LogP) is 2.59. The number of carbonyl (C=O) groups excluding carboxylic acids is 1. The predicted molar refractivity (Wildman–Crippen MR) is 79.0 cm³/mol. The molecule has 1 saturated heterocycles. The smallest absolute Gasteiger partial charge is 0.232 e. The van der Waals surface area contributed by atoms with E-state index in [1.54, 1.807) is 13.0 Å². The van der Waals surface area contributed by atoms with Crippen molar-refractivity contribution in [1.82, 2.24) is 0 Å². The van der Waals surface area contributed by atoms with Gasteiger partial charge in [0.2, 0.25) is 5.91 Å². The third-order valence-corrected chi connectivity index (χ3v) is 4.45. The standard InChI is InChI=1S/C14H18BrFN2O2/c1-9-6-11(16)10(15)7-12(9)18-13(19)14(8-17)2-4-20-5-3-14/h6-7H,2-5,8,17H2,1H3,(H,18,19). The lowest BCUT2D eigenvalue weighted by Crippen LogP contribution is -2.46. The quantitative estimate of drug-likeness (QED) is 0.885. The third-order valence-electron chi connectivity index (χ3n) is 3.84. The van der Waals surface area contributed by atoms with Gasteiger partial charge in [-0.1, -0.05) is 0 Å². The number of nitrogens with two attached hydrogens (primary N) is 1. The van der Waals surface area contributed by atoms with E-state index < -0.39 is 5.41 Å². The number of aryl methyl sites for hydroxylation is 1. The first-order valence-electron chi connectivity index (χ1n) is 6.53. The average Bonchev–Trinajstić information content (AvgIpc) is 2.45. The number of hydrogen-bond donors (Lipinski definition) is 2. The van der Waals surface area contributed by atoms with Gasteiger partial charge in [0.1, 0.15) is 5.82 Å². The van der Waals surface area contributed by atoms with Gasteiger partial charge in [0.25, 0.3) is 0 Å². The van der Waals surface area contributed by atoms with Crippen molar-refractivity contribution in [3.8, 4) is 0 Å². The Hall–Kier alpha value is -0.980. The van der Waals surface area contributed by atoms with E-state index in [9.17, 15) is 9.18 Å². The molecule has 0 aromatic heterocycles. The summed E-state index contributed by atoms with van der Waals surface area (Å²) in [6.07, 6.45) is 1.22. The van der Waals surface area contributed by atoms with Gasteiger partial charge in [-0.05, 0) is 53.4 Å². The number of amides is 1. The van der Waals surface area contributed by atoms with E-state index in [0.717, 1.165) is 0 Å². The normalized spacial score (nSPS) is 17.8. The molecule has 3 N–H and O–H groups in total. The molecule has 1 aliphatic heterocycles. The first-order chi connectivity index (χ1) is 9.48. The number of anilines is 1. The molecule has 1 aromatic rings. The summed E-state index contributed by atoms with van der Waals surface area (Å²) in [4.78, 5) is 12.5. The molecular formula is C14H18BrFN2O2. The summed E-state index contributed by atoms with van der Waals surface area (Å²) in [5.74, 6) is -0.468. The van der Waals surface area contributed by atoms with Gasteiger partial charge in [-0.15, -0.1) is 0 Å². The minimum Gasteiger partial charge on any atom is -0.381 e. The molecule has 1 amide bonds. The molecule has 4 nitrogen and oxygen atoms in total. The lowest BCUT2D eigenvalue weighted by atomic mass is 9.79. The Kier molecular flexibility index (Phi) is 4.78. The molecule has 20 heavy (non-hydrogen) atoms. The topological polar surface area (TPSA) is 64.4 Å². The SMILES string of the molecule is Cc1cc(F)c(Br)cc1NC(=O)C1(CN)CCOCC1. The van der Waals surface area contributed by atoms with Crippen LogP contribution >= 0.6 is 15.9 Å². The summed E-state index contributed by atoms with van der Waals surface area (Å²) in [7, 11) is 0. The fourth-order valence-corrected chi connectivity index (χ4v) is 2.67. The number of carbonyl (C=O) groups is 1. The zero-order valence-corrected chi connectivity index (χ0v) is 12.9. The maximum absolute atomic E-state index is 13.4. The highest BCUT2D eigenvalue weighted by Gasteiger charge is 2.38. The monoisotopic (exact) mass is 344 g/mol. The van der Waals surface area contributed by atoms with Crippen LogP contribution < -0.4 is 11.1 Å². The Morgan fingerprint density at radius 3 is 2.75 bits per heavy atom. The van der Waals surface area contributed by atoms with Crippen molar-refractivity contribution in [2.45, 2.75) is 19.8 Å². The van der Waals surface area contributed by atoms with E-state index in [2.05, 4.69) is 21.2 Å². The maximum atomic E-state index is 13.4. The molecule has 110 valence electrons. The molecule has 0 unspecified atom stereocenters. The fraction of sp³-hybridized carbons (Fsp3) is 0.500. The van der Waals surface area contributed by atoms with Crippen LogP contribution in [0.15, 0.2) is 16.6 Å². The molecule has 1 fully saturated rings. The fourth-order valence-electron chi connectivity index (χ4n) is 2.32. The van der Waals surface area contributed by atoms with Gasteiger partial charge >= 0.3 is 0 Å². The van der Waals surface area contributed by atoms with Crippen LogP contribution in [-0.4, -0.2) is 25.7 Å². The summed E-state index contributed by atoms with van der Waals surface area (Å²) < 4.78 is 19.0. The van der Waals surface area contributed by atoms with Crippen LogP contribution in [0.25, 0.3) is 0 Å². The molecule has 0 spiro atoms. The number of ether oxygens (including phenoxy) is 1. The van der Waals surface area contributed by atoms with Crippen molar-refractivity contribution in [1.29, 1.82) is 0 Å². The van der Waals surface area contributed by atoms with Gasteiger partial charge in [-0.2, -0.15) is 0 Å². The second-order valence-electron chi connectivity index (χ2n) is 5.13. The van der Waals surface area contributed by atoms with Crippen LogP contribution in [-0.2, 0) is 9.53 Å². The second-order valence-corrected chi connectivity index (χ2v) is 5.99. The van der Waals surface area contributed by atoms with E-state index in [1.165, 1.54) is 6.07 Å². The highest BCUT2D eigenvalue weighted by Crippen LogP contribution is 2.32. The van der Waals surface area contributed by atoms with E-state index >= 15 is 0 Å². The zero-order chi connectivity index (χ0) is 14.8. The maximum Gasteiger partial charge on any atom is 0.232 e. The molecule has 1 aromatic carbocycles. The largest absolute Gasteiger partial charge is 0.381 e. The van der Waals surface area contributed by atoms with Crippen LogP contribution in [0.3, 0.4) is 0 Å². The van der Waals surface area contributed by atoms with Crippen molar-refractivity contribution >= 4 is 27.5 Å². The summed E-state index contributed by atoms with van der Waals surface area (Å²) in [5, 5.41) is 2.87. The van der Waals surface area contributed by atoms with E-state index in [0.29, 0.717) is 41.8 Å². The van der Waals surface area contributed by atoms with Crippen LogP contribution in [0.5, 0.6) is 0 Å². The van der Waals surface area contributed by atoms with Gasteiger partial charge < -0.3 is 15.8 Å². The van der Waals surface area contributed by atoms with Gasteiger partial charge in [0, 0.05) is 25.4 Å². The van der Waals surface area contributed by atoms with Gasteiger partial charge in [0.05, 0.1) is 9.89 Å². The summed E-state index contributed by atoms with van der Waals surface area (Å²) in [5.41, 5.74) is 6.49. The number of benzene rings is 1. The van der Waals surface area contributed by atoms with E-state index in [4.69, 9.17) is 10.5 Å². The Labute approximate surface area is 126 Å². The highest BCUT2D eigenvalue weighted by molar-refractivity contribution is 9.10. The van der Waals surface area contributed by atoms with Crippen molar-refractivity contribution in [2.75, 3.05) is 25.1 Å². The minimum atomic E-state index is -0.592. The van der Waals surface area contributed by atoms with Crippen molar-refractivity contribution < 1.29 is 13.9 Å². The van der Waals surface area contributed by atoms with Gasteiger partial charge in [-0.25, -0.2) is 4.39 Å². The number of halogens is 2. The third kappa shape index (κ3) is 3.02. The Bertz CT molecular complexity index is 516.